The average molecular weight is 348 g/mol. The number of benzene rings is 2. The van der Waals surface area contributed by atoms with Gasteiger partial charge in [-0.25, -0.2) is 0 Å². The Balaban J connectivity index is 1.94. The predicted molar refractivity (Wildman–Crippen MR) is 94.7 cm³/mol. The van der Waals surface area contributed by atoms with Crippen LogP contribution in [0.3, 0.4) is 0 Å². The van der Waals surface area contributed by atoms with Crippen LogP contribution in [-0.4, -0.2) is 25.2 Å². The van der Waals surface area contributed by atoms with E-state index in [1.165, 1.54) is 0 Å². The molecule has 4 heteroatoms. The molecule has 2 aromatic carbocycles. The summed E-state index contributed by atoms with van der Waals surface area (Å²) >= 11 is 0. The Morgan fingerprint density at radius 1 is 1.00 bits per heavy atom. The summed E-state index contributed by atoms with van der Waals surface area (Å²) in [5.41, 5.74) is 2.70. The Bertz CT molecular complexity index is 899. The minimum atomic E-state index is -0.966. The Morgan fingerprint density at radius 2 is 1.58 bits per heavy atom. The van der Waals surface area contributed by atoms with Crippen LogP contribution in [0.15, 0.2) is 48.5 Å². The normalized spacial score (nSPS) is 33.5. The van der Waals surface area contributed by atoms with E-state index in [9.17, 15) is 9.59 Å². The molecule has 3 aliphatic carbocycles. The van der Waals surface area contributed by atoms with E-state index in [1.54, 1.807) is 0 Å². The first-order valence-corrected chi connectivity index (χ1v) is 9.10. The molecule has 1 fully saturated rings. The zero-order valence-electron chi connectivity index (χ0n) is 14.8. The van der Waals surface area contributed by atoms with Crippen molar-refractivity contribution in [1.82, 2.24) is 0 Å². The summed E-state index contributed by atoms with van der Waals surface area (Å²) in [4.78, 5) is 25.8. The van der Waals surface area contributed by atoms with Crippen LogP contribution in [-0.2, 0) is 24.5 Å². The molecule has 1 heterocycles. The van der Waals surface area contributed by atoms with Gasteiger partial charge in [-0.05, 0) is 36.1 Å². The first-order chi connectivity index (χ1) is 12.6. The molecule has 2 bridgehead atoms. The standard InChI is InChI=1S/C22H20O4/c1-3-25-12-22-15-10-6-4-8-13(15)17(14-9-5-7-11-16(14)22)18-19(23)26-20(24)21(18,22)2/h4-11,17-18H,3,12H2,1-2H3. The summed E-state index contributed by atoms with van der Waals surface area (Å²) in [6.07, 6.45) is 0. The van der Waals surface area contributed by atoms with Crippen LogP contribution in [0.2, 0.25) is 0 Å². The highest BCUT2D eigenvalue weighted by molar-refractivity contribution is 6.03. The fourth-order valence-corrected chi connectivity index (χ4v) is 5.64. The highest BCUT2D eigenvalue weighted by Crippen LogP contribution is 2.69. The van der Waals surface area contributed by atoms with Crippen molar-refractivity contribution in [3.8, 4) is 0 Å². The highest BCUT2D eigenvalue weighted by atomic mass is 16.6. The number of carbonyl (C=O) groups excluding carboxylic acids is 2. The molecule has 2 aromatic rings. The molecule has 6 rings (SSSR count). The van der Waals surface area contributed by atoms with Gasteiger partial charge >= 0.3 is 11.9 Å². The van der Waals surface area contributed by atoms with Gasteiger partial charge in [0.05, 0.1) is 23.4 Å². The van der Waals surface area contributed by atoms with E-state index in [-0.39, 0.29) is 5.92 Å². The summed E-state index contributed by atoms with van der Waals surface area (Å²) in [7, 11) is 0. The van der Waals surface area contributed by atoms with Gasteiger partial charge < -0.3 is 9.47 Å². The van der Waals surface area contributed by atoms with Crippen molar-refractivity contribution in [3.63, 3.8) is 0 Å². The van der Waals surface area contributed by atoms with E-state index in [0.717, 1.165) is 22.3 Å². The fraction of sp³-hybridized carbons (Fsp3) is 0.364. The van der Waals surface area contributed by atoms with Gasteiger partial charge in [-0.15, -0.1) is 0 Å². The van der Waals surface area contributed by atoms with Crippen LogP contribution < -0.4 is 0 Å². The Morgan fingerprint density at radius 3 is 2.15 bits per heavy atom. The molecule has 26 heavy (non-hydrogen) atoms. The quantitative estimate of drug-likeness (QED) is 0.631. The Kier molecular flexibility index (Phi) is 3.06. The van der Waals surface area contributed by atoms with E-state index in [4.69, 9.17) is 9.47 Å². The number of cyclic esters (lactones) is 2. The van der Waals surface area contributed by atoms with E-state index < -0.39 is 28.7 Å². The molecule has 1 saturated heterocycles. The minimum Gasteiger partial charge on any atom is -0.392 e. The fourth-order valence-electron chi connectivity index (χ4n) is 5.64. The predicted octanol–water partition coefficient (Wildman–Crippen LogP) is 3.17. The molecule has 0 saturated carbocycles. The molecule has 1 aliphatic heterocycles. The van der Waals surface area contributed by atoms with Crippen molar-refractivity contribution in [2.75, 3.05) is 13.2 Å². The van der Waals surface area contributed by atoms with Crippen LogP contribution in [0.25, 0.3) is 0 Å². The van der Waals surface area contributed by atoms with Gasteiger partial charge in [0, 0.05) is 12.5 Å². The topological polar surface area (TPSA) is 52.6 Å². The van der Waals surface area contributed by atoms with E-state index in [0.29, 0.717) is 13.2 Å². The number of carbonyl (C=O) groups is 2. The van der Waals surface area contributed by atoms with Crippen molar-refractivity contribution < 1.29 is 19.1 Å². The Hall–Kier alpha value is -2.46. The monoisotopic (exact) mass is 348 g/mol. The van der Waals surface area contributed by atoms with Crippen molar-refractivity contribution in [3.05, 3.63) is 70.8 Å². The lowest BCUT2D eigenvalue weighted by atomic mass is 9.41. The maximum absolute atomic E-state index is 13.0. The maximum atomic E-state index is 13.0. The molecule has 0 N–H and O–H groups in total. The maximum Gasteiger partial charge on any atom is 0.321 e. The third-order valence-electron chi connectivity index (χ3n) is 6.75. The summed E-state index contributed by atoms with van der Waals surface area (Å²) < 4.78 is 11.2. The number of rotatable bonds is 3. The van der Waals surface area contributed by atoms with Crippen molar-refractivity contribution in [1.29, 1.82) is 0 Å². The third kappa shape index (κ3) is 1.51. The third-order valence-corrected chi connectivity index (χ3v) is 6.75. The van der Waals surface area contributed by atoms with Crippen LogP contribution in [0, 0.1) is 11.3 Å². The van der Waals surface area contributed by atoms with Crippen molar-refractivity contribution >= 4 is 11.9 Å². The second-order valence-corrected chi connectivity index (χ2v) is 7.58. The molecule has 132 valence electrons. The molecule has 0 aromatic heterocycles. The number of ether oxygens (including phenoxy) is 2. The smallest absolute Gasteiger partial charge is 0.321 e. The molecule has 4 nitrogen and oxygen atoms in total. The van der Waals surface area contributed by atoms with Gasteiger partial charge in [0.25, 0.3) is 0 Å². The molecule has 0 radical (unpaired) electrons. The first-order valence-electron chi connectivity index (χ1n) is 9.10. The SMILES string of the molecule is CCOCC12c3ccccc3C(c3ccccc31)C1C(=O)OC(=O)C12C. The average Bonchev–Trinajstić information content (AvgIpc) is 2.90. The lowest BCUT2D eigenvalue weighted by Gasteiger charge is -2.58. The van der Waals surface area contributed by atoms with Crippen molar-refractivity contribution in [2.45, 2.75) is 25.2 Å². The summed E-state index contributed by atoms with van der Waals surface area (Å²) in [5.74, 6) is -1.51. The second-order valence-electron chi connectivity index (χ2n) is 7.58. The molecule has 4 aliphatic rings. The lowest BCUT2D eigenvalue weighted by molar-refractivity contribution is -0.156. The van der Waals surface area contributed by atoms with Crippen molar-refractivity contribution in [2.24, 2.45) is 11.3 Å². The largest absolute Gasteiger partial charge is 0.392 e. The summed E-state index contributed by atoms with van der Waals surface area (Å²) in [6, 6.07) is 16.3. The number of hydrogen-bond donors (Lipinski definition) is 0. The molecule has 0 amide bonds. The highest BCUT2D eigenvalue weighted by Gasteiger charge is 2.74. The van der Waals surface area contributed by atoms with Gasteiger partial charge in [-0.2, -0.15) is 0 Å². The molecule has 0 spiro atoms. The van der Waals surface area contributed by atoms with Gasteiger partial charge in [-0.3, -0.25) is 9.59 Å². The summed E-state index contributed by atoms with van der Waals surface area (Å²) in [5, 5.41) is 0. The number of esters is 2. The zero-order chi connectivity index (χ0) is 18.1. The second kappa shape index (κ2) is 5.04. The number of hydrogen-bond acceptors (Lipinski definition) is 4. The lowest BCUT2D eigenvalue weighted by Crippen LogP contribution is -2.62. The van der Waals surface area contributed by atoms with Crippen LogP contribution in [0.1, 0.15) is 42.0 Å². The van der Waals surface area contributed by atoms with E-state index >= 15 is 0 Å². The van der Waals surface area contributed by atoms with Crippen LogP contribution in [0.5, 0.6) is 0 Å². The molecule has 2 unspecified atom stereocenters. The molecular formula is C22H20O4. The zero-order valence-corrected chi connectivity index (χ0v) is 14.8. The summed E-state index contributed by atoms with van der Waals surface area (Å²) in [6.45, 7) is 4.72. The Labute approximate surface area is 152 Å². The van der Waals surface area contributed by atoms with Gasteiger partial charge in [-0.1, -0.05) is 48.5 Å². The molecule has 2 atom stereocenters. The van der Waals surface area contributed by atoms with Crippen LogP contribution in [0.4, 0.5) is 0 Å². The van der Waals surface area contributed by atoms with Crippen LogP contribution >= 0.6 is 0 Å². The van der Waals surface area contributed by atoms with E-state index in [1.807, 2.05) is 38.1 Å². The minimum absolute atomic E-state index is 0.158. The van der Waals surface area contributed by atoms with Gasteiger partial charge in [0.1, 0.15) is 0 Å². The van der Waals surface area contributed by atoms with E-state index in [2.05, 4.69) is 24.3 Å². The first kappa shape index (κ1) is 15.8. The van der Waals surface area contributed by atoms with Gasteiger partial charge in [0.2, 0.25) is 0 Å². The van der Waals surface area contributed by atoms with Gasteiger partial charge in [0.15, 0.2) is 0 Å². The molecular weight excluding hydrogens is 328 g/mol.